The molecule has 3 rings (SSSR count). The van der Waals surface area contributed by atoms with Gasteiger partial charge in [-0.1, -0.05) is 0 Å². The van der Waals surface area contributed by atoms with E-state index >= 15 is 0 Å². The summed E-state index contributed by atoms with van der Waals surface area (Å²) in [6, 6.07) is 6.43. The van der Waals surface area contributed by atoms with Crippen molar-refractivity contribution in [1.82, 2.24) is 10.3 Å². The van der Waals surface area contributed by atoms with Crippen LogP contribution in [0.25, 0.3) is 10.8 Å². The van der Waals surface area contributed by atoms with Crippen LogP contribution in [0.5, 0.6) is 0 Å². The highest BCUT2D eigenvalue weighted by atomic mass is 32.1. The van der Waals surface area contributed by atoms with Gasteiger partial charge in [0.05, 0.1) is 12.8 Å². The molecule has 0 bridgehead atoms. The molecule has 0 saturated heterocycles. The predicted molar refractivity (Wildman–Crippen MR) is 91.9 cm³/mol. The molecule has 134 valence electrons. The van der Waals surface area contributed by atoms with Crippen molar-refractivity contribution in [3.8, 4) is 10.8 Å². The number of halogens is 2. The molecular weight excluding hydrogens is 364 g/mol. The van der Waals surface area contributed by atoms with Gasteiger partial charge in [0.15, 0.2) is 22.4 Å². The molecule has 0 aliphatic heterocycles. The third kappa shape index (κ3) is 3.94. The number of thiazole rings is 1. The number of anilines is 1. The zero-order chi connectivity index (χ0) is 18.7. The largest absolute Gasteiger partial charge is 0.462 e. The molecule has 0 fully saturated rings. The van der Waals surface area contributed by atoms with Crippen molar-refractivity contribution in [2.75, 3.05) is 11.9 Å². The minimum atomic E-state index is -1.07. The second kappa shape index (κ2) is 7.44. The molecule has 0 unspecified atom stereocenters. The summed E-state index contributed by atoms with van der Waals surface area (Å²) in [6.07, 6.45) is 1.51. The van der Waals surface area contributed by atoms with E-state index in [1.165, 1.54) is 23.7 Å². The highest BCUT2D eigenvalue weighted by Crippen LogP contribution is 2.27. The molecule has 2 amide bonds. The summed E-state index contributed by atoms with van der Waals surface area (Å²) in [7, 11) is 0. The number of amides is 2. The number of hydrogen-bond donors (Lipinski definition) is 2. The first-order chi connectivity index (χ1) is 12.4. The average molecular weight is 377 g/mol. The molecule has 0 spiro atoms. The van der Waals surface area contributed by atoms with Gasteiger partial charge in [-0.3, -0.25) is 9.59 Å². The summed E-state index contributed by atoms with van der Waals surface area (Å²) in [5.41, 5.74) is 0.287. The number of benzene rings is 1. The van der Waals surface area contributed by atoms with Gasteiger partial charge in [-0.2, -0.15) is 0 Å². The Morgan fingerprint density at radius 1 is 1.23 bits per heavy atom. The van der Waals surface area contributed by atoms with Crippen LogP contribution >= 0.6 is 11.3 Å². The number of nitrogens with zero attached hydrogens (tertiary/aromatic N) is 1. The first-order valence-corrected chi connectivity index (χ1v) is 8.30. The maximum atomic E-state index is 13.1. The molecule has 0 aliphatic rings. The zero-order valence-corrected chi connectivity index (χ0v) is 14.3. The van der Waals surface area contributed by atoms with E-state index in [-0.39, 0.29) is 17.9 Å². The molecule has 1 aromatic carbocycles. The molecule has 2 N–H and O–H groups in total. The monoisotopic (exact) mass is 377 g/mol. The minimum Gasteiger partial charge on any atom is -0.462 e. The Kier molecular flexibility index (Phi) is 5.08. The van der Waals surface area contributed by atoms with Gasteiger partial charge in [0.1, 0.15) is 5.69 Å². The van der Waals surface area contributed by atoms with Crippen LogP contribution in [0, 0.1) is 18.6 Å². The number of hydrogen-bond acceptors (Lipinski definition) is 5. The molecule has 2 heterocycles. The lowest BCUT2D eigenvalue weighted by atomic mass is 10.3. The lowest BCUT2D eigenvalue weighted by Crippen LogP contribution is -2.33. The van der Waals surface area contributed by atoms with Gasteiger partial charge in [0, 0.05) is 16.6 Å². The molecule has 9 heteroatoms. The number of aryl methyl sites for hydroxylation is 1. The standard InChI is InChI=1S/C17H13F2N3O3S/c1-9-15(22-17(26-9)13-3-2-6-25-13)16(24)20-8-14(23)21-10-4-5-11(18)12(19)7-10/h2-7H,8H2,1H3,(H,20,24)(H,21,23). The number of carbonyl (C=O) groups is 2. The molecule has 2 aromatic heterocycles. The smallest absolute Gasteiger partial charge is 0.271 e. The van der Waals surface area contributed by atoms with Crippen LogP contribution in [0.1, 0.15) is 15.4 Å². The third-order valence-corrected chi connectivity index (χ3v) is 4.34. The summed E-state index contributed by atoms with van der Waals surface area (Å²) >= 11 is 1.30. The van der Waals surface area contributed by atoms with E-state index in [1.54, 1.807) is 19.1 Å². The van der Waals surface area contributed by atoms with Gasteiger partial charge in [-0.15, -0.1) is 11.3 Å². The number of furan rings is 1. The maximum absolute atomic E-state index is 13.1. The van der Waals surface area contributed by atoms with E-state index in [1.807, 2.05) is 0 Å². The second-order valence-electron chi connectivity index (χ2n) is 5.26. The molecule has 0 saturated carbocycles. The molecule has 0 radical (unpaired) electrons. The summed E-state index contributed by atoms with van der Waals surface area (Å²) < 4.78 is 31.2. The van der Waals surface area contributed by atoms with E-state index in [9.17, 15) is 18.4 Å². The number of aromatic nitrogens is 1. The summed E-state index contributed by atoms with van der Waals surface area (Å²) in [5, 5.41) is 5.36. The number of nitrogens with one attached hydrogen (secondary N) is 2. The van der Waals surface area contributed by atoms with E-state index in [2.05, 4.69) is 15.6 Å². The first-order valence-electron chi connectivity index (χ1n) is 7.48. The Bertz CT molecular complexity index is 954. The van der Waals surface area contributed by atoms with E-state index in [0.717, 1.165) is 12.1 Å². The first kappa shape index (κ1) is 17.7. The molecular formula is C17H13F2N3O3S. The lowest BCUT2D eigenvalue weighted by Gasteiger charge is -2.06. The molecule has 0 aliphatic carbocycles. The van der Waals surface area contributed by atoms with Gasteiger partial charge < -0.3 is 15.1 Å². The molecule has 6 nitrogen and oxygen atoms in total. The minimum absolute atomic E-state index is 0.0908. The number of carbonyl (C=O) groups excluding carboxylic acids is 2. The van der Waals surface area contributed by atoms with Crippen LogP contribution in [-0.2, 0) is 4.79 Å². The van der Waals surface area contributed by atoms with Crippen LogP contribution in [0.3, 0.4) is 0 Å². The second-order valence-corrected chi connectivity index (χ2v) is 6.46. The average Bonchev–Trinajstić information content (AvgIpc) is 3.25. The van der Waals surface area contributed by atoms with Crippen molar-refractivity contribution < 1.29 is 22.8 Å². The van der Waals surface area contributed by atoms with Crippen LogP contribution < -0.4 is 10.6 Å². The van der Waals surface area contributed by atoms with Crippen LogP contribution in [0.15, 0.2) is 41.0 Å². The topological polar surface area (TPSA) is 84.2 Å². The summed E-state index contributed by atoms with van der Waals surface area (Å²) in [4.78, 5) is 29.0. The van der Waals surface area contributed by atoms with Crippen LogP contribution in [-0.4, -0.2) is 23.3 Å². The SMILES string of the molecule is Cc1sc(-c2ccco2)nc1C(=O)NCC(=O)Nc1ccc(F)c(F)c1. The quantitative estimate of drug-likeness (QED) is 0.714. The third-order valence-electron chi connectivity index (χ3n) is 3.36. The molecule has 26 heavy (non-hydrogen) atoms. The maximum Gasteiger partial charge on any atom is 0.271 e. The van der Waals surface area contributed by atoms with Crippen molar-refractivity contribution >= 4 is 28.8 Å². The van der Waals surface area contributed by atoms with Crippen LogP contribution in [0.2, 0.25) is 0 Å². The van der Waals surface area contributed by atoms with Crippen molar-refractivity contribution in [3.63, 3.8) is 0 Å². The zero-order valence-electron chi connectivity index (χ0n) is 13.5. The van der Waals surface area contributed by atoms with Gasteiger partial charge in [0.25, 0.3) is 5.91 Å². The van der Waals surface area contributed by atoms with Crippen molar-refractivity contribution in [3.05, 3.63) is 58.8 Å². The normalized spacial score (nSPS) is 10.6. The molecule has 0 atom stereocenters. The van der Waals surface area contributed by atoms with Crippen molar-refractivity contribution in [1.29, 1.82) is 0 Å². The Morgan fingerprint density at radius 3 is 2.73 bits per heavy atom. The highest BCUT2D eigenvalue weighted by Gasteiger charge is 2.18. The Morgan fingerprint density at radius 2 is 2.04 bits per heavy atom. The van der Waals surface area contributed by atoms with Crippen LogP contribution in [0.4, 0.5) is 14.5 Å². The van der Waals surface area contributed by atoms with E-state index in [4.69, 9.17) is 4.42 Å². The summed E-state index contributed by atoms with van der Waals surface area (Å²) in [5.74, 6) is -2.63. The Hall–Kier alpha value is -3.07. The predicted octanol–water partition coefficient (Wildman–Crippen LogP) is 3.36. The van der Waals surface area contributed by atoms with Gasteiger partial charge >= 0.3 is 0 Å². The van der Waals surface area contributed by atoms with Crippen molar-refractivity contribution in [2.45, 2.75) is 6.92 Å². The van der Waals surface area contributed by atoms with Crippen molar-refractivity contribution in [2.24, 2.45) is 0 Å². The fourth-order valence-electron chi connectivity index (χ4n) is 2.14. The Labute approximate surface area is 150 Å². The van der Waals surface area contributed by atoms with E-state index in [0.29, 0.717) is 15.6 Å². The van der Waals surface area contributed by atoms with E-state index < -0.39 is 23.4 Å². The van der Waals surface area contributed by atoms with Gasteiger partial charge in [0.2, 0.25) is 5.91 Å². The fraction of sp³-hybridized carbons (Fsp3) is 0.118. The Balaban J connectivity index is 1.60. The summed E-state index contributed by atoms with van der Waals surface area (Å²) in [6.45, 7) is 1.39. The lowest BCUT2D eigenvalue weighted by molar-refractivity contribution is -0.115. The van der Waals surface area contributed by atoms with Gasteiger partial charge in [-0.25, -0.2) is 13.8 Å². The fourth-order valence-corrected chi connectivity index (χ4v) is 3.01. The highest BCUT2D eigenvalue weighted by molar-refractivity contribution is 7.15. The molecule has 3 aromatic rings. The number of rotatable bonds is 5. The van der Waals surface area contributed by atoms with Gasteiger partial charge in [-0.05, 0) is 31.2 Å².